The molecule has 0 aliphatic rings. The molecule has 1 amide bonds. The third kappa shape index (κ3) is 5.86. The Labute approximate surface area is 183 Å². The largest absolute Gasteiger partial charge is 0.492 e. The van der Waals surface area contributed by atoms with Crippen molar-refractivity contribution in [1.29, 1.82) is 0 Å². The van der Waals surface area contributed by atoms with Crippen molar-refractivity contribution in [1.82, 2.24) is 5.32 Å². The fraction of sp³-hybridized carbons (Fsp3) is 0.208. The summed E-state index contributed by atoms with van der Waals surface area (Å²) >= 11 is 0. The minimum Gasteiger partial charge on any atom is -0.492 e. The van der Waals surface area contributed by atoms with Crippen molar-refractivity contribution in [3.63, 3.8) is 0 Å². The van der Waals surface area contributed by atoms with Crippen molar-refractivity contribution in [3.8, 4) is 5.75 Å². The van der Waals surface area contributed by atoms with Crippen LogP contribution in [-0.4, -0.2) is 27.5 Å². The molecule has 7 heteroatoms. The maximum atomic E-state index is 13.0. The number of nitrogens with one attached hydrogen (secondary N) is 2. The number of para-hydroxylation sites is 1. The van der Waals surface area contributed by atoms with Crippen LogP contribution >= 0.6 is 0 Å². The van der Waals surface area contributed by atoms with Gasteiger partial charge in [0.25, 0.3) is 15.9 Å². The molecule has 0 atom stereocenters. The highest BCUT2D eigenvalue weighted by Gasteiger charge is 2.20. The molecule has 6 nitrogen and oxygen atoms in total. The van der Waals surface area contributed by atoms with Gasteiger partial charge in [0.2, 0.25) is 0 Å². The molecule has 2 N–H and O–H groups in total. The van der Waals surface area contributed by atoms with Gasteiger partial charge in [0.15, 0.2) is 0 Å². The van der Waals surface area contributed by atoms with Gasteiger partial charge in [-0.05, 0) is 62.2 Å². The molecule has 3 aromatic carbocycles. The number of ether oxygens (including phenoxy) is 1. The van der Waals surface area contributed by atoms with Crippen LogP contribution < -0.4 is 14.8 Å². The lowest BCUT2D eigenvalue weighted by Crippen LogP contribution is -2.28. The number of hydrogen-bond donors (Lipinski definition) is 2. The first-order chi connectivity index (χ1) is 14.8. The van der Waals surface area contributed by atoms with Gasteiger partial charge in [-0.1, -0.05) is 42.0 Å². The second kappa shape index (κ2) is 9.66. The van der Waals surface area contributed by atoms with Crippen molar-refractivity contribution in [3.05, 3.63) is 89.0 Å². The smallest absolute Gasteiger partial charge is 0.262 e. The number of rotatable bonds is 8. The van der Waals surface area contributed by atoms with Crippen LogP contribution in [0.25, 0.3) is 0 Å². The number of anilines is 1. The van der Waals surface area contributed by atoms with Gasteiger partial charge in [-0.25, -0.2) is 8.42 Å². The Balaban J connectivity index is 1.69. The molecule has 0 aliphatic carbocycles. The number of carbonyl (C=O) groups is 1. The summed E-state index contributed by atoms with van der Waals surface area (Å²) < 4.78 is 34.2. The zero-order valence-corrected chi connectivity index (χ0v) is 18.6. The first-order valence-corrected chi connectivity index (χ1v) is 11.4. The predicted octanol–water partition coefficient (Wildman–Crippen LogP) is 4.22. The Morgan fingerprint density at radius 3 is 2.35 bits per heavy atom. The molecule has 0 aliphatic heterocycles. The first kappa shape index (κ1) is 22.4. The highest BCUT2D eigenvalue weighted by Crippen LogP contribution is 2.23. The summed E-state index contributed by atoms with van der Waals surface area (Å²) in [5, 5.41) is 2.75. The maximum Gasteiger partial charge on any atom is 0.262 e. The van der Waals surface area contributed by atoms with Gasteiger partial charge in [0, 0.05) is 5.56 Å². The van der Waals surface area contributed by atoms with E-state index in [1.54, 1.807) is 25.1 Å². The van der Waals surface area contributed by atoms with Crippen molar-refractivity contribution >= 4 is 21.6 Å². The standard InChI is InChI=1S/C24H26N2O4S/c1-17-9-12-22(19(3)15-17)26-31(28,29)23-16-20(11-10-18(23)2)24(27)25-13-14-30-21-7-5-4-6-8-21/h4-12,15-16,26H,13-14H2,1-3H3,(H,25,27). The Kier molecular flexibility index (Phi) is 6.97. The SMILES string of the molecule is Cc1ccc(NS(=O)(=O)c2cc(C(=O)NCCOc3ccccc3)ccc2C)c(C)c1. The highest BCUT2D eigenvalue weighted by molar-refractivity contribution is 7.92. The summed E-state index contributed by atoms with van der Waals surface area (Å²) in [7, 11) is -3.85. The molecule has 0 bridgehead atoms. The van der Waals surface area contributed by atoms with Crippen LogP contribution in [0.1, 0.15) is 27.0 Å². The summed E-state index contributed by atoms with van der Waals surface area (Å²) in [6, 6.07) is 19.4. The average Bonchev–Trinajstić information content (AvgIpc) is 2.74. The Bertz CT molecular complexity index is 1180. The van der Waals surface area contributed by atoms with E-state index >= 15 is 0 Å². The number of carbonyl (C=O) groups excluding carboxylic acids is 1. The van der Waals surface area contributed by atoms with Crippen LogP contribution in [0.15, 0.2) is 71.6 Å². The normalized spacial score (nSPS) is 11.1. The van der Waals surface area contributed by atoms with Crippen LogP contribution in [-0.2, 0) is 10.0 Å². The number of aryl methyl sites for hydroxylation is 3. The molecular weight excluding hydrogens is 412 g/mol. The predicted molar refractivity (Wildman–Crippen MR) is 122 cm³/mol. The molecule has 3 rings (SSSR count). The summed E-state index contributed by atoms with van der Waals surface area (Å²) in [6.07, 6.45) is 0. The second-order valence-electron chi connectivity index (χ2n) is 7.32. The fourth-order valence-corrected chi connectivity index (χ4v) is 4.51. The van der Waals surface area contributed by atoms with Gasteiger partial charge in [-0.2, -0.15) is 0 Å². The molecule has 31 heavy (non-hydrogen) atoms. The van der Waals surface area contributed by atoms with Gasteiger partial charge >= 0.3 is 0 Å². The summed E-state index contributed by atoms with van der Waals surface area (Å²) in [5.41, 5.74) is 3.21. The maximum absolute atomic E-state index is 13.0. The molecule has 0 radical (unpaired) electrons. The Hall–Kier alpha value is -3.32. The molecule has 162 valence electrons. The van der Waals surface area contributed by atoms with E-state index < -0.39 is 10.0 Å². The topological polar surface area (TPSA) is 84.5 Å². The zero-order valence-electron chi connectivity index (χ0n) is 17.8. The molecule has 0 aromatic heterocycles. The second-order valence-corrected chi connectivity index (χ2v) is 8.97. The van der Waals surface area contributed by atoms with Crippen LogP contribution in [0.4, 0.5) is 5.69 Å². The van der Waals surface area contributed by atoms with Crippen molar-refractivity contribution in [2.75, 3.05) is 17.9 Å². The first-order valence-electron chi connectivity index (χ1n) is 9.93. The summed E-state index contributed by atoms with van der Waals surface area (Å²) in [5.74, 6) is 0.359. The van der Waals surface area contributed by atoms with Gasteiger partial charge in [-0.15, -0.1) is 0 Å². The highest BCUT2D eigenvalue weighted by atomic mass is 32.2. The lowest BCUT2D eigenvalue weighted by atomic mass is 10.1. The van der Waals surface area contributed by atoms with Crippen LogP contribution in [0, 0.1) is 20.8 Å². The molecule has 3 aromatic rings. The van der Waals surface area contributed by atoms with Crippen LogP contribution in [0.3, 0.4) is 0 Å². The van der Waals surface area contributed by atoms with E-state index in [0.29, 0.717) is 24.4 Å². The van der Waals surface area contributed by atoms with Gasteiger partial charge in [-0.3, -0.25) is 9.52 Å². The average molecular weight is 439 g/mol. The summed E-state index contributed by atoms with van der Waals surface area (Å²) in [6.45, 7) is 6.10. The van der Waals surface area contributed by atoms with E-state index in [9.17, 15) is 13.2 Å². The quantitative estimate of drug-likeness (QED) is 0.516. The molecule has 0 heterocycles. The lowest BCUT2D eigenvalue weighted by molar-refractivity contribution is 0.0946. The monoisotopic (exact) mass is 438 g/mol. The molecule has 0 fully saturated rings. The van der Waals surface area contributed by atoms with Crippen molar-refractivity contribution in [2.24, 2.45) is 0 Å². The molecule has 0 saturated heterocycles. The van der Waals surface area contributed by atoms with E-state index in [1.807, 2.05) is 56.3 Å². The molecular formula is C24H26N2O4S. The van der Waals surface area contributed by atoms with Crippen LogP contribution in [0.2, 0.25) is 0 Å². The van der Waals surface area contributed by atoms with E-state index in [0.717, 1.165) is 16.9 Å². The van der Waals surface area contributed by atoms with Crippen LogP contribution in [0.5, 0.6) is 5.75 Å². The van der Waals surface area contributed by atoms with Crippen molar-refractivity contribution < 1.29 is 17.9 Å². The fourth-order valence-electron chi connectivity index (χ4n) is 3.11. The van der Waals surface area contributed by atoms with Gasteiger partial charge in [0.05, 0.1) is 17.1 Å². The number of sulfonamides is 1. The molecule has 0 unspecified atom stereocenters. The van der Waals surface area contributed by atoms with Gasteiger partial charge in [0.1, 0.15) is 12.4 Å². The van der Waals surface area contributed by atoms with E-state index in [1.165, 1.54) is 6.07 Å². The number of amides is 1. The van der Waals surface area contributed by atoms with E-state index in [2.05, 4.69) is 10.0 Å². The van der Waals surface area contributed by atoms with Crippen molar-refractivity contribution in [2.45, 2.75) is 25.7 Å². The minimum atomic E-state index is -3.85. The van der Waals surface area contributed by atoms with E-state index in [-0.39, 0.29) is 16.4 Å². The Morgan fingerprint density at radius 2 is 1.65 bits per heavy atom. The van der Waals surface area contributed by atoms with Gasteiger partial charge < -0.3 is 10.1 Å². The Morgan fingerprint density at radius 1 is 0.903 bits per heavy atom. The number of benzene rings is 3. The zero-order chi connectivity index (χ0) is 22.4. The van der Waals surface area contributed by atoms with E-state index in [4.69, 9.17) is 4.74 Å². The molecule has 0 spiro atoms. The summed E-state index contributed by atoms with van der Waals surface area (Å²) in [4.78, 5) is 12.6. The minimum absolute atomic E-state index is 0.0701. The lowest BCUT2D eigenvalue weighted by Gasteiger charge is -2.14. The number of hydrogen-bond acceptors (Lipinski definition) is 4. The third-order valence-electron chi connectivity index (χ3n) is 4.77. The molecule has 0 saturated carbocycles. The third-order valence-corrected chi connectivity index (χ3v) is 6.27.